The van der Waals surface area contributed by atoms with Crippen molar-refractivity contribution in [2.24, 2.45) is 0 Å². The quantitative estimate of drug-likeness (QED) is 0.756. The topological polar surface area (TPSA) is 54.5 Å². The van der Waals surface area contributed by atoms with Crippen LogP contribution in [0, 0.1) is 0 Å². The van der Waals surface area contributed by atoms with Gasteiger partial charge in [-0.1, -0.05) is 0 Å². The number of nitrogens with one attached hydrogen (secondary N) is 1. The highest BCUT2D eigenvalue weighted by molar-refractivity contribution is 6.99. The largest absolute Gasteiger partial charge is 0.345 e. The van der Waals surface area contributed by atoms with E-state index in [0.717, 1.165) is 11.5 Å². The number of rotatable bonds is 2. The zero-order valence-corrected chi connectivity index (χ0v) is 6.95. The van der Waals surface area contributed by atoms with Crippen LogP contribution in [0.5, 0.6) is 0 Å². The van der Waals surface area contributed by atoms with Crippen molar-refractivity contribution in [3.8, 4) is 0 Å². The van der Waals surface area contributed by atoms with E-state index in [0.29, 0.717) is 0 Å². The molecule has 12 heavy (non-hydrogen) atoms. The fourth-order valence-electron chi connectivity index (χ4n) is 0.778. The van der Waals surface area contributed by atoms with E-state index in [1.807, 2.05) is 12.2 Å². The molecule has 0 atom stereocenters. The van der Waals surface area contributed by atoms with Gasteiger partial charge in [0.15, 0.2) is 0 Å². The van der Waals surface area contributed by atoms with E-state index in [9.17, 15) is 0 Å². The summed E-state index contributed by atoms with van der Waals surface area (Å²) in [5.74, 6) is 0.822. The van der Waals surface area contributed by atoms with Crippen molar-refractivity contribution in [1.82, 2.24) is 18.7 Å². The molecule has 0 saturated heterocycles. The van der Waals surface area contributed by atoms with E-state index in [1.54, 1.807) is 18.6 Å². The first kappa shape index (κ1) is 7.17. The van der Waals surface area contributed by atoms with Gasteiger partial charge in [0.25, 0.3) is 0 Å². The molecule has 2 aromatic rings. The second-order valence-electron chi connectivity index (χ2n) is 2.14. The number of nitrogens with zero attached hydrogens (tertiary/aromatic N) is 3. The third-order valence-corrected chi connectivity index (χ3v) is 1.80. The molecule has 0 saturated carbocycles. The van der Waals surface area contributed by atoms with Gasteiger partial charge < -0.3 is 4.98 Å². The van der Waals surface area contributed by atoms with E-state index in [1.165, 1.54) is 11.7 Å². The molecule has 2 aromatic heterocycles. The van der Waals surface area contributed by atoms with Gasteiger partial charge in [-0.2, -0.15) is 8.75 Å². The predicted molar refractivity (Wildman–Crippen MR) is 47.4 cm³/mol. The second-order valence-corrected chi connectivity index (χ2v) is 2.70. The first-order valence-electron chi connectivity index (χ1n) is 3.40. The minimum Gasteiger partial charge on any atom is -0.345 e. The van der Waals surface area contributed by atoms with Crippen molar-refractivity contribution in [1.29, 1.82) is 0 Å². The average Bonchev–Trinajstić information content (AvgIpc) is 2.74. The normalized spacial score (nSPS) is 11.0. The van der Waals surface area contributed by atoms with Crippen LogP contribution in [-0.4, -0.2) is 18.7 Å². The van der Waals surface area contributed by atoms with Crippen molar-refractivity contribution >= 4 is 23.9 Å². The molecule has 0 unspecified atom stereocenters. The van der Waals surface area contributed by atoms with E-state index >= 15 is 0 Å². The Labute approximate surface area is 73.3 Å². The third-order valence-electron chi connectivity index (χ3n) is 1.31. The average molecular weight is 178 g/mol. The van der Waals surface area contributed by atoms with Crippen molar-refractivity contribution in [2.75, 3.05) is 0 Å². The lowest BCUT2D eigenvalue weighted by Crippen LogP contribution is -1.73. The van der Waals surface area contributed by atoms with Crippen LogP contribution in [0.25, 0.3) is 12.2 Å². The van der Waals surface area contributed by atoms with Crippen LogP contribution >= 0.6 is 11.7 Å². The van der Waals surface area contributed by atoms with E-state index in [-0.39, 0.29) is 0 Å². The molecular weight excluding hydrogens is 172 g/mol. The van der Waals surface area contributed by atoms with Crippen molar-refractivity contribution in [2.45, 2.75) is 0 Å². The minimum atomic E-state index is 0.822. The summed E-state index contributed by atoms with van der Waals surface area (Å²) in [7, 11) is 0. The molecule has 0 radical (unpaired) electrons. The maximum Gasteiger partial charge on any atom is 0.130 e. The van der Waals surface area contributed by atoms with Crippen LogP contribution in [0.15, 0.2) is 18.6 Å². The Morgan fingerprint density at radius 2 is 2.42 bits per heavy atom. The number of aromatic nitrogens is 4. The maximum atomic E-state index is 4.03. The van der Waals surface area contributed by atoms with Crippen LogP contribution < -0.4 is 0 Å². The number of aromatic amines is 1. The molecule has 4 nitrogen and oxygen atoms in total. The lowest BCUT2D eigenvalue weighted by atomic mass is 10.4. The molecule has 2 rings (SSSR count). The Balaban J connectivity index is 2.14. The molecule has 5 heteroatoms. The zero-order valence-electron chi connectivity index (χ0n) is 6.14. The summed E-state index contributed by atoms with van der Waals surface area (Å²) in [6.07, 6.45) is 8.92. The van der Waals surface area contributed by atoms with Crippen LogP contribution in [-0.2, 0) is 0 Å². The van der Waals surface area contributed by atoms with Gasteiger partial charge in [-0.25, -0.2) is 4.98 Å². The second kappa shape index (κ2) is 3.27. The first-order valence-corrected chi connectivity index (χ1v) is 4.13. The van der Waals surface area contributed by atoms with Gasteiger partial charge >= 0.3 is 0 Å². The molecular formula is C7H6N4S. The Morgan fingerprint density at radius 1 is 1.42 bits per heavy atom. The Bertz CT molecular complexity index is 312. The maximum absolute atomic E-state index is 4.03. The van der Waals surface area contributed by atoms with Gasteiger partial charge in [-0.05, 0) is 12.2 Å². The fraction of sp³-hybridized carbons (Fsp3) is 0. The van der Waals surface area contributed by atoms with Gasteiger partial charge in [-0.3, -0.25) is 0 Å². The summed E-state index contributed by atoms with van der Waals surface area (Å²) in [4.78, 5) is 6.99. The summed E-state index contributed by atoms with van der Waals surface area (Å²) in [6, 6.07) is 0. The molecule has 2 heterocycles. The van der Waals surface area contributed by atoms with E-state index in [2.05, 4.69) is 18.7 Å². The lowest BCUT2D eigenvalue weighted by molar-refractivity contribution is 1.27. The Morgan fingerprint density at radius 3 is 3.08 bits per heavy atom. The molecule has 0 aliphatic carbocycles. The van der Waals surface area contributed by atoms with Crippen LogP contribution in [0.4, 0.5) is 0 Å². The minimum absolute atomic E-state index is 0.822. The Kier molecular flexibility index (Phi) is 1.96. The summed E-state index contributed by atoms with van der Waals surface area (Å²) in [5, 5.41) is 0. The van der Waals surface area contributed by atoms with E-state index < -0.39 is 0 Å². The zero-order chi connectivity index (χ0) is 8.23. The van der Waals surface area contributed by atoms with Crippen LogP contribution in [0.3, 0.4) is 0 Å². The number of hydrogen-bond acceptors (Lipinski definition) is 4. The molecule has 0 bridgehead atoms. The first-order chi connectivity index (χ1) is 5.95. The summed E-state index contributed by atoms with van der Waals surface area (Å²) < 4.78 is 7.89. The van der Waals surface area contributed by atoms with Crippen LogP contribution in [0.1, 0.15) is 11.5 Å². The van der Waals surface area contributed by atoms with Gasteiger partial charge in [0, 0.05) is 12.4 Å². The van der Waals surface area contributed by atoms with Crippen molar-refractivity contribution < 1.29 is 0 Å². The molecule has 0 aromatic carbocycles. The summed E-state index contributed by atoms with van der Waals surface area (Å²) >= 11 is 1.19. The highest BCUT2D eigenvalue weighted by Gasteiger charge is 1.89. The van der Waals surface area contributed by atoms with Crippen LogP contribution in [0.2, 0.25) is 0 Å². The third kappa shape index (κ3) is 1.57. The molecule has 0 aliphatic heterocycles. The predicted octanol–water partition coefficient (Wildman–Crippen LogP) is 1.43. The number of imidazole rings is 1. The molecule has 1 N–H and O–H groups in total. The molecule has 0 aliphatic rings. The van der Waals surface area contributed by atoms with Crippen molar-refractivity contribution in [3.05, 3.63) is 30.1 Å². The highest BCUT2D eigenvalue weighted by atomic mass is 32.1. The molecule has 0 spiro atoms. The fourth-order valence-corrected chi connectivity index (χ4v) is 1.18. The highest BCUT2D eigenvalue weighted by Crippen LogP contribution is 2.01. The van der Waals surface area contributed by atoms with E-state index in [4.69, 9.17) is 0 Å². The number of H-pyrrole nitrogens is 1. The van der Waals surface area contributed by atoms with Crippen molar-refractivity contribution in [3.63, 3.8) is 0 Å². The van der Waals surface area contributed by atoms with Gasteiger partial charge in [0.2, 0.25) is 0 Å². The van der Waals surface area contributed by atoms with Gasteiger partial charge in [0.1, 0.15) is 5.82 Å². The van der Waals surface area contributed by atoms with Gasteiger partial charge in [0.05, 0.1) is 23.6 Å². The van der Waals surface area contributed by atoms with Gasteiger partial charge in [-0.15, -0.1) is 0 Å². The number of hydrogen-bond donors (Lipinski definition) is 1. The summed E-state index contributed by atoms with van der Waals surface area (Å²) in [6.45, 7) is 0. The molecule has 60 valence electrons. The lowest BCUT2D eigenvalue weighted by Gasteiger charge is -1.80. The Hall–Kier alpha value is -1.49. The molecule has 0 amide bonds. The summed E-state index contributed by atoms with van der Waals surface area (Å²) in [5.41, 5.74) is 0.858. The molecule has 0 fully saturated rings. The standard InChI is InChI=1S/C7H6N4S/c1(6-5-10-12-11-6)2-7-8-3-4-9-7/h1-5H,(H,8,9)/b2-1+. The SMILES string of the molecule is C(=C\c1ncc[nH]1)/c1cnsn1. The monoisotopic (exact) mass is 178 g/mol. The smallest absolute Gasteiger partial charge is 0.130 e.